The first-order valence-electron chi connectivity index (χ1n) is 7.01. The molecule has 1 aliphatic rings. The van der Waals surface area contributed by atoms with E-state index in [1.165, 1.54) is 0 Å². The van der Waals surface area contributed by atoms with Crippen LogP contribution in [0.25, 0.3) is 0 Å². The van der Waals surface area contributed by atoms with Gasteiger partial charge in [0, 0.05) is 19.4 Å². The van der Waals surface area contributed by atoms with Crippen LogP contribution in [0.5, 0.6) is 0 Å². The number of carbonyl (C=O) groups is 2. The van der Waals surface area contributed by atoms with E-state index >= 15 is 0 Å². The molecule has 0 saturated heterocycles. The van der Waals surface area contributed by atoms with Crippen molar-refractivity contribution in [1.29, 1.82) is 0 Å². The molecule has 0 aromatic heterocycles. The zero-order valence-electron chi connectivity index (χ0n) is 11.8. The molecule has 0 heterocycles. The molecule has 1 saturated carbocycles. The van der Waals surface area contributed by atoms with Gasteiger partial charge in [-0.2, -0.15) is 0 Å². The van der Waals surface area contributed by atoms with Gasteiger partial charge < -0.3 is 15.5 Å². The highest BCUT2D eigenvalue weighted by Gasteiger charge is 2.32. The Hall–Kier alpha value is -1.10. The van der Waals surface area contributed by atoms with Crippen LogP contribution in [0.3, 0.4) is 0 Å². The number of aliphatic carboxylic acids is 1. The summed E-state index contributed by atoms with van der Waals surface area (Å²) in [7, 11) is 0. The van der Waals surface area contributed by atoms with E-state index in [2.05, 4.69) is 12.2 Å². The Morgan fingerprint density at radius 3 is 2.42 bits per heavy atom. The molecule has 0 spiro atoms. The van der Waals surface area contributed by atoms with Crippen molar-refractivity contribution in [1.82, 2.24) is 5.32 Å². The highest BCUT2D eigenvalue weighted by molar-refractivity contribution is 5.77. The molecule has 0 bridgehead atoms. The molecule has 1 fully saturated rings. The number of carbonyl (C=O) groups excluding carboxylic acids is 1. The summed E-state index contributed by atoms with van der Waals surface area (Å²) < 4.78 is 0. The molecule has 0 aromatic carbocycles. The molecule has 19 heavy (non-hydrogen) atoms. The number of hydrogen-bond acceptors (Lipinski definition) is 3. The van der Waals surface area contributed by atoms with Crippen LogP contribution in [0.1, 0.15) is 52.4 Å². The van der Waals surface area contributed by atoms with E-state index in [0.29, 0.717) is 5.92 Å². The van der Waals surface area contributed by atoms with Gasteiger partial charge in [0.15, 0.2) is 0 Å². The molecule has 0 radical (unpaired) electrons. The summed E-state index contributed by atoms with van der Waals surface area (Å²) in [5.41, 5.74) is -0.780. The van der Waals surface area contributed by atoms with Crippen molar-refractivity contribution in [2.45, 2.75) is 58.0 Å². The lowest BCUT2D eigenvalue weighted by Gasteiger charge is -2.35. The monoisotopic (exact) mass is 271 g/mol. The van der Waals surface area contributed by atoms with E-state index in [4.69, 9.17) is 5.11 Å². The fourth-order valence-electron chi connectivity index (χ4n) is 2.50. The zero-order valence-corrected chi connectivity index (χ0v) is 11.8. The van der Waals surface area contributed by atoms with Crippen LogP contribution in [0.2, 0.25) is 0 Å². The largest absolute Gasteiger partial charge is 0.481 e. The van der Waals surface area contributed by atoms with Crippen LogP contribution in [0, 0.1) is 11.8 Å². The van der Waals surface area contributed by atoms with Gasteiger partial charge in [-0.1, -0.05) is 13.8 Å². The van der Waals surface area contributed by atoms with Crippen molar-refractivity contribution in [2.75, 3.05) is 6.54 Å². The highest BCUT2D eigenvalue weighted by atomic mass is 16.4. The van der Waals surface area contributed by atoms with Gasteiger partial charge in [-0.05, 0) is 37.5 Å². The maximum Gasteiger partial charge on any atom is 0.303 e. The summed E-state index contributed by atoms with van der Waals surface area (Å²) >= 11 is 0. The fraction of sp³-hybridized carbons (Fsp3) is 0.857. The number of hydrogen-bond donors (Lipinski definition) is 3. The Kier molecular flexibility index (Phi) is 5.79. The Balaban J connectivity index is 2.28. The summed E-state index contributed by atoms with van der Waals surface area (Å²) in [6.07, 6.45) is 3.61. The van der Waals surface area contributed by atoms with Gasteiger partial charge >= 0.3 is 5.97 Å². The molecule has 0 aromatic rings. The van der Waals surface area contributed by atoms with Crippen LogP contribution >= 0.6 is 0 Å². The third-order valence-electron chi connectivity index (χ3n) is 3.88. The second kappa shape index (κ2) is 6.89. The van der Waals surface area contributed by atoms with Gasteiger partial charge in [-0.15, -0.1) is 0 Å². The first-order valence-corrected chi connectivity index (χ1v) is 7.01. The fourth-order valence-corrected chi connectivity index (χ4v) is 2.50. The quantitative estimate of drug-likeness (QED) is 0.684. The maximum atomic E-state index is 11.7. The van der Waals surface area contributed by atoms with E-state index in [1.807, 2.05) is 0 Å². The van der Waals surface area contributed by atoms with Crippen molar-refractivity contribution >= 4 is 11.9 Å². The lowest BCUT2D eigenvalue weighted by molar-refractivity contribution is -0.138. The summed E-state index contributed by atoms with van der Waals surface area (Å²) in [6, 6.07) is 0. The normalized spacial score (nSPS) is 28.7. The first kappa shape index (κ1) is 16.0. The van der Waals surface area contributed by atoms with Gasteiger partial charge in [-0.3, -0.25) is 9.59 Å². The molecule has 1 aliphatic carbocycles. The summed E-state index contributed by atoms with van der Waals surface area (Å²) in [5, 5.41) is 21.7. The van der Waals surface area contributed by atoms with Crippen LogP contribution in [0.4, 0.5) is 0 Å². The minimum absolute atomic E-state index is 0.00476. The SMILES string of the molecule is CC1CCC(O)(CNC(=O)CC(C)CC(=O)O)CC1. The van der Waals surface area contributed by atoms with Gasteiger partial charge in [0.25, 0.3) is 0 Å². The molecule has 0 aliphatic heterocycles. The van der Waals surface area contributed by atoms with Crippen LogP contribution in [0.15, 0.2) is 0 Å². The molecule has 1 unspecified atom stereocenters. The molecule has 110 valence electrons. The lowest BCUT2D eigenvalue weighted by atomic mass is 9.79. The van der Waals surface area contributed by atoms with Crippen molar-refractivity contribution in [3.63, 3.8) is 0 Å². The summed E-state index contributed by atoms with van der Waals surface area (Å²) in [5.74, 6) is -0.605. The third-order valence-corrected chi connectivity index (χ3v) is 3.88. The van der Waals surface area contributed by atoms with Crippen LogP contribution < -0.4 is 5.32 Å². The predicted octanol–water partition coefficient (Wildman–Crippen LogP) is 1.54. The smallest absolute Gasteiger partial charge is 0.303 e. The average Bonchev–Trinajstić information content (AvgIpc) is 2.30. The molecule has 3 N–H and O–H groups in total. The standard InChI is InChI=1S/C14H25NO4/c1-10-3-5-14(19,6-4-10)9-15-12(16)7-11(2)8-13(17)18/h10-11,19H,3-9H2,1-2H3,(H,15,16)(H,17,18). The van der Waals surface area contributed by atoms with Gasteiger partial charge in [-0.25, -0.2) is 0 Å². The van der Waals surface area contributed by atoms with E-state index in [0.717, 1.165) is 25.7 Å². The maximum absolute atomic E-state index is 11.7. The number of nitrogens with one attached hydrogen (secondary N) is 1. The van der Waals surface area contributed by atoms with Crippen molar-refractivity contribution in [3.05, 3.63) is 0 Å². The lowest BCUT2D eigenvalue weighted by Crippen LogP contribution is -2.45. The Morgan fingerprint density at radius 2 is 1.89 bits per heavy atom. The van der Waals surface area contributed by atoms with E-state index in [1.54, 1.807) is 6.92 Å². The number of carboxylic acid groups (broad SMARTS) is 1. The second-order valence-corrected chi connectivity index (χ2v) is 6.09. The van der Waals surface area contributed by atoms with Crippen molar-refractivity contribution < 1.29 is 19.8 Å². The topological polar surface area (TPSA) is 86.6 Å². The third kappa shape index (κ3) is 6.05. The van der Waals surface area contributed by atoms with Gasteiger partial charge in [0.2, 0.25) is 5.91 Å². The van der Waals surface area contributed by atoms with Gasteiger partial charge in [0.1, 0.15) is 0 Å². The van der Waals surface area contributed by atoms with Gasteiger partial charge in [0.05, 0.1) is 5.60 Å². The Labute approximate surface area is 114 Å². The Morgan fingerprint density at radius 1 is 1.32 bits per heavy atom. The van der Waals surface area contributed by atoms with Crippen molar-refractivity contribution in [2.24, 2.45) is 11.8 Å². The summed E-state index contributed by atoms with van der Waals surface area (Å²) in [6.45, 7) is 4.19. The minimum Gasteiger partial charge on any atom is -0.481 e. The molecule has 1 atom stereocenters. The second-order valence-electron chi connectivity index (χ2n) is 6.09. The molecular weight excluding hydrogens is 246 g/mol. The average molecular weight is 271 g/mol. The van der Waals surface area contributed by atoms with Crippen LogP contribution in [-0.4, -0.2) is 34.2 Å². The first-order chi connectivity index (χ1) is 8.81. The molecule has 1 amide bonds. The molecular formula is C14H25NO4. The number of carboxylic acids is 1. The number of aliphatic hydroxyl groups is 1. The summed E-state index contributed by atoms with van der Waals surface area (Å²) in [4.78, 5) is 22.2. The van der Waals surface area contributed by atoms with E-state index in [-0.39, 0.29) is 31.2 Å². The van der Waals surface area contributed by atoms with E-state index < -0.39 is 11.6 Å². The zero-order chi connectivity index (χ0) is 14.5. The Bertz CT molecular complexity index is 321. The molecule has 5 heteroatoms. The number of rotatable bonds is 6. The van der Waals surface area contributed by atoms with Crippen LogP contribution in [-0.2, 0) is 9.59 Å². The minimum atomic E-state index is -0.889. The van der Waals surface area contributed by atoms with Crippen molar-refractivity contribution in [3.8, 4) is 0 Å². The number of amides is 1. The molecule has 5 nitrogen and oxygen atoms in total. The predicted molar refractivity (Wildman–Crippen MR) is 71.6 cm³/mol. The van der Waals surface area contributed by atoms with E-state index in [9.17, 15) is 14.7 Å². The highest BCUT2D eigenvalue weighted by Crippen LogP contribution is 2.31. The molecule has 1 rings (SSSR count).